The summed E-state index contributed by atoms with van der Waals surface area (Å²) in [6.07, 6.45) is 3.14. The average molecular weight is 268 g/mol. The van der Waals surface area contributed by atoms with Gasteiger partial charge in [0.05, 0.1) is 0 Å². The minimum atomic E-state index is -0.496. The largest absolute Gasteiger partial charge is 0.618 e. The topological polar surface area (TPSA) is 81.8 Å². The molecular formula is C9H8N4O2S2. The highest BCUT2D eigenvalue weighted by Crippen LogP contribution is 2.23. The molecular weight excluding hydrogens is 260 g/mol. The fourth-order valence-electron chi connectivity index (χ4n) is 1.11. The van der Waals surface area contributed by atoms with E-state index >= 15 is 0 Å². The van der Waals surface area contributed by atoms with Crippen molar-refractivity contribution in [2.75, 3.05) is 11.6 Å². The lowest BCUT2D eigenvalue weighted by atomic mass is 10.3. The number of carbonyl (C=O) groups is 1. The molecule has 0 fully saturated rings. The molecule has 0 radical (unpaired) electrons. The Morgan fingerprint density at radius 2 is 2.35 bits per heavy atom. The summed E-state index contributed by atoms with van der Waals surface area (Å²) in [5.74, 6) is -0.496. The molecule has 2 aromatic rings. The van der Waals surface area contributed by atoms with Gasteiger partial charge < -0.3 is 5.21 Å². The highest BCUT2D eigenvalue weighted by molar-refractivity contribution is 8.00. The van der Waals surface area contributed by atoms with Gasteiger partial charge in [-0.15, -0.1) is 10.2 Å². The van der Waals surface area contributed by atoms with Crippen LogP contribution in [0.1, 0.15) is 10.5 Å². The van der Waals surface area contributed by atoms with Crippen LogP contribution in [-0.4, -0.2) is 22.4 Å². The third kappa shape index (κ3) is 2.71. The molecule has 1 amide bonds. The molecule has 2 heterocycles. The van der Waals surface area contributed by atoms with Gasteiger partial charge in [-0.1, -0.05) is 23.1 Å². The Morgan fingerprint density at radius 3 is 3.00 bits per heavy atom. The highest BCUT2D eigenvalue weighted by atomic mass is 32.2. The Labute approximate surface area is 105 Å². The predicted octanol–water partition coefficient (Wildman–Crippen LogP) is 1.15. The summed E-state index contributed by atoms with van der Waals surface area (Å²) < 4.78 is 1.26. The van der Waals surface area contributed by atoms with Gasteiger partial charge in [0, 0.05) is 12.1 Å². The van der Waals surface area contributed by atoms with Crippen LogP contribution in [0, 0.1) is 5.21 Å². The van der Waals surface area contributed by atoms with Crippen molar-refractivity contribution in [1.82, 2.24) is 10.2 Å². The standard InChI is InChI=1S/C9H8N4O2S2/c1-16-9-12-11-8(17-9)10-7(14)6-4-2-3-5-13(6)15/h2-5H,1H3,(H,10,11,14). The lowest BCUT2D eigenvalue weighted by Crippen LogP contribution is -2.36. The van der Waals surface area contributed by atoms with Gasteiger partial charge in [-0.2, -0.15) is 4.73 Å². The Balaban J connectivity index is 2.14. The van der Waals surface area contributed by atoms with E-state index in [9.17, 15) is 10.0 Å². The number of pyridine rings is 1. The molecule has 6 nitrogen and oxygen atoms in total. The van der Waals surface area contributed by atoms with Crippen molar-refractivity contribution in [1.29, 1.82) is 0 Å². The maximum atomic E-state index is 11.7. The monoisotopic (exact) mass is 268 g/mol. The first-order valence-electron chi connectivity index (χ1n) is 4.58. The number of amides is 1. The normalized spacial score (nSPS) is 10.2. The van der Waals surface area contributed by atoms with Gasteiger partial charge >= 0.3 is 5.91 Å². The van der Waals surface area contributed by atoms with Crippen molar-refractivity contribution in [3.05, 3.63) is 35.3 Å². The molecule has 0 spiro atoms. The van der Waals surface area contributed by atoms with Gasteiger partial charge in [-0.25, -0.2) is 0 Å². The summed E-state index contributed by atoms with van der Waals surface area (Å²) >= 11 is 2.70. The second-order valence-corrected chi connectivity index (χ2v) is 4.97. The van der Waals surface area contributed by atoms with Gasteiger partial charge in [0.2, 0.25) is 5.13 Å². The molecule has 2 aromatic heterocycles. The van der Waals surface area contributed by atoms with E-state index in [4.69, 9.17) is 0 Å². The number of hydrogen-bond donors (Lipinski definition) is 1. The second-order valence-electron chi connectivity index (χ2n) is 2.94. The number of anilines is 1. The number of aromatic nitrogens is 3. The summed E-state index contributed by atoms with van der Waals surface area (Å²) in [5.41, 5.74) is 0.0217. The predicted molar refractivity (Wildman–Crippen MR) is 65.0 cm³/mol. The molecule has 8 heteroatoms. The molecule has 1 N–H and O–H groups in total. The summed E-state index contributed by atoms with van der Waals surface area (Å²) in [4.78, 5) is 11.7. The lowest BCUT2D eigenvalue weighted by molar-refractivity contribution is -0.607. The van der Waals surface area contributed by atoms with Gasteiger partial charge in [0.25, 0.3) is 5.69 Å². The summed E-state index contributed by atoms with van der Waals surface area (Å²) in [6.45, 7) is 0. The third-order valence-corrected chi connectivity index (χ3v) is 3.67. The van der Waals surface area contributed by atoms with Crippen molar-refractivity contribution in [2.45, 2.75) is 4.34 Å². The zero-order chi connectivity index (χ0) is 12.3. The van der Waals surface area contributed by atoms with Crippen molar-refractivity contribution in [3.63, 3.8) is 0 Å². The summed E-state index contributed by atoms with van der Waals surface area (Å²) in [7, 11) is 0. The van der Waals surface area contributed by atoms with Crippen LogP contribution in [0.5, 0.6) is 0 Å². The Morgan fingerprint density at radius 1 is 1.53 bits per heavy atom. The maximum absolute atomic E-state index is 11.7. The SMILES string of the molecule is CSc1nnc(NC(=O)c2cccc[n+]2[O-])s1. The van der Waals surface area contributed by atoms with Gasteiger partial charge in [-0.05, 0) is 12.3 Å². The van der Waals surface area contributed by atoms with Gasteiger partial charge in [0.15, 0.2) is 10.5 Å². The minimum absolute atomic E-state index is 0.0217. The van der Waals surface area contributed by atoms with E-state index in [1.54, 1.807) is 12.1 Å². The third-order valence-electron chi connectivity index (χ3n) is 1.86. The molecule has 88 valence electrons. The van der Waals surface area contributed by atoms with Crippen molar-refractivity contribution in [2.24, 2.45) is 0 Å². The van der Waals surface area contributed by atoms with Crippen LogP contribution in [0.15, 0.2) is 28.7 Å². The number of hydrogen-bond acceptors (Lipinski definition) is 6. The molecule has 0 aliphatic heterocycles. The minimum Gasteiger partial charge on any atom is -0.618 e. The van der Waals surface area contributed by atoms with Crippen LogP contribution < -0.4 is 10.0 Å². The zero-order valence-electron chi connectivity index (χ0n) is 8.78. The number of carbonyl (C=O) groups excluding carboxylic acids is 1. The summed E-state index contributed by atoms with van der Waals surface area (Å²) in [6, 6.07) is 4.62. The first-order valence-corrected chi connectivity index (χ1v) is 6.62. The molecule has 0 aliphatic rings. The van der Waals surface area contributed by atoms with E-state index < -0.39 is 5.91 Å². The van der Waals surface area contributed by atoms with E-state index in [2.05, 4.69) is 15.5 Å². The highest BCUT2D eigenvalue weighted by Gasteiger charge is 2.16. The van der Waals surface area contributed by atoms with Gasteiger partial charge in [-0.3, -0.25) is 10.1 Å². The first kappa shape index (κ1) is 11.8. The van der Waals surface area contributed by atoms with E-state index in [0.717, 1.165) is 4.34 Å². The number of thioether (sulfide) groups is 1. The van der Waals surface area contributed by atoms with Crippen LogP contribution in [0.4, 0.5) is 5.13 Å². The molecule has 0 saturated heterocycles. The number of rotatable bonds is 3. The van der Waals surface area contributed by atoms with Crippen LogP contribution in [0.3, 0.4) is 0 Å². The Kier molecular flexibility index (Phi) is 3.55. The van der Waals surface area contributed by atoms with Crippen molar-refractivity contribution in [3.8, 4) is 0 Å². The van der Waals surface area contributed by atoms with Crippen LogP contribution in [0.2, 0.25) is 0 Å². The van der Waals surface area contributed by atoms with E-state index in [0.29, 0.717) is 9.86 Å². The molecule has 0 unspecified atom stereocenters. The molecule has 2 rings (SSSR count). The van der Waals surface area contributed by atoms with Crippen molar-refractivity contribution >= 4 is 34.1 Å². The van der Waals surface area contributed by atoms with E-state index in [1.165, 1.54) is 35.4 Å². The Bertz CT molecular complexity index is 543. The van der Waals surface area contributed by atoms with E-state index in [1.807, 2.05) is 6.26 Å². The molecule has 0 atom stereocenters. The Hall–Kier alpha value is -1.67. The first-order chi connectivity index (χ1) is 8.20. The smallest absolute Gasteiger partial charge is 0.323 e. The fraction of sp³-hybridized carbons (Fsp3) is 0.111. The fourth-order valence-corrected chi connectivity index (χ4v) is 2.27. The van der Waals surface area contributed by atoms with Crippen LogP contribution in [0.25, 0.3) is 0 Å². The maximum Gasteiger partial charge on any atom is 0.323 e. The molecule has 0 saturated carbocycles. The van der Waals surface area contributed by atoms with Crippen LogP contribution in [-0.2, 0) is 0 Å². The molecule has 0 bridgehead atoms. The number of nitrogens with zero attached hydrogens (tertiary/aromatic N) is 3. The number of nitrogens with one attached hydrogen (secondary N) is 1. The summed E-state index contributed by atoms with van der Waals surface area (Å²) in [5, 5.41) is 21.9. The van der Waals surface area contributed by atoms with Gasteiger partial charge in [0.1, 0.15) is 0 Å². The average Bonchev–Trinajstić information content (AvgIpc) is 2.77. The second kappa shape index (κ2) is 5.11. The van der Waals surface area contributed by atoms with Crippen LogP contribution >= 0.6 is 23.1 Å². The molecule has 0 aromatic carbocycles. The zero-order valence-corrected chi connectivity index (χ0v) is 10.4. The quantitative estimate of drug-likeness (QED) is 0.391. The molecule has 17 heavy (non-hydrogen) atoms. The van der Waals surface area contributed by atoms with Crippen molar-refractivity contribution < 1.29 is 9.52 Å². The van der Waals surface area contributed by atoms with E-state index in [-0.39, 0.29) is 5.69 Å². The lowest BCUT2D eigenvalue weighted by Gasteiger charge is -2.02. The molecule has 0 aliphatic carbocycles.